The first-order valence-corrected chi connectivity index (χ1v) is 7.21. The van der Waals surface area contributed by atoms with Crippen LogP contribution in [0.1, 0.15) is 52.4 Å². The highest BCUT2D eigenvalue weighted by molar-refractivity contribution is 6.02. The number of hydrogen-bond donors (Lipinski definition) is 2. The van der Waals surface area contributed by atoms with E-state index in [1.165, 1.54) is 0 Å². The van der Waals surface area contributed by atoms with Gasteiger partial charge in [-0.2, -0.15) is 0 Å². The van der Waals surface area contributed by atoms with E-state index in [2.05, 4.69) is 4.98 Å². The molecule has 110 valence electrons. The number of Topliss-reactive ketones (excluding diaryl/α,β-unsaturated/α-hetero) is 1. The number of aryl methyl sites for hydroxylation is 1. The molecule has 0 aromatic carbocycles. The lowest BCUT2D eigenvalue weighted by molar-refractivity contribution is 0.0781. The third kappa shape index (κ3) is 2.50. The molecule has 0 saturated carbocycles. The minimum atomic E-state index is -0.00611. The standard InChI is InChI=1S/C15H23N3O2/c1-4-12-13(10(3)19)9(2)17-14(12)15(20)18-6-5-11(7-16)8-18/h11,17H,4-8,16H2,1-3H3. The molecule has 0 aliphatic carbocycles. The molecule has 5 nitrogen and oxygen atoms in total. The summed E-state index contributed by atoms with van der Waals surface area (Å²) in [5.74, 6) is 0.400. The largest absolute Gasteiger partial charge is 0.354 e. The molecule has 1 fully saturated rings. The number of aromatic nitrogens is 1. The third-order valence-electron chi connectivity index (χ3n) is 4.12. The van der Waals surface area contributed by atoms with Crippen molar-refractivity contribution in [1.29, 1.82) is 0 Å². The molecule has 20 heavy (non-hydrogen) atoms. The second-order valence-corrected chi connectivity index (χ2v) is 5.53. The van der Waals surface area contributed by atoms with Crippen molar-refractivity contribution in [3.8, 4) is 0 Å². The first-order chi connectivity index (χ1) is 9.49. The summed E-state index contributed by atoms with van der Waals surface area (Å²) in [7, 11) is 0. The normalized spacial score (nSPS) is 18.6. The van der Waals surface area contributed by atoms with Gasteiger partial charge in [0.1, 0.15) is 5.69 Å². The van der Waals surface area contributed by atoms with E-state index in [1.54, 1.807) is 6.92 Å². The molecule has 1 saturated heterocycles. The summed E-state index contributed by atoms with van der Waals surface area (Å²) in [6.45, 7) is 7.44. The van der Waals surface area contributed by atoms with Gasteiger partial charge in [-0.05, 0) is 44.7 Å². The van der Waals surface area contributed by atoms with Crippen LogP contribution in [0.3, 0.4) is 0 Å². The van der Waals surface area contributed by atoms with Crippen LogP contribution in [0, 0.1) is 12.8 Å². The van der Waals surface area contributed by atoms with Crippen molar-refractivity contribution in [3.63, 3.8) is 0 Å². The molecule has 1 amide bonds. The zero-order valence-corrected chi connectivity index (χ0v) is 12.5. The maximum Gasteiger partial charge on any atom is 0.270 e. The molecule has 1 aliphatic rings. The number of likely N-dealkylation sites (tertiary alicyclic amines) is 1. The molecule has 0 spiro atoms. The van der Waals surface area contributed by atoms with Gasteiger partial charge in [0.25, 0.3) is 5.91 Å². The molecular weight excluding hydrogens is 254 g/mol. The summed E-state index contributed by atoms with van der Waals surface area (Å²) < 4.78 is 0. The topological polar surface area (TPSA) is 79.2 Å². The number of carbonyl (C=O) groups excluding carboxylic acids is 2. The number of nitrogens with two attached hydrogens (primary N) is 1. The van der Waals surface area contributed by atoms with Gasteiger partial charge < -0.3 is 15.6 Å². The summed E-state index contributed by atoms with van der Waals surface area (Å²) in [6, 6.07) is 0. The maximum absolute atomic E-state index is 12.6. The van der Waals surface area contributed by atoms with Crippen LogP contribution in [0.4, 0.5) is 0 Å². The molecule has 1 aromatic rings. The molecule has 2 rings (SSSR count). The minimum Gasteiger partial charge on any atom is -0.354 e. The van der Waals surface area contributed by atoms with Gasteiger partial charge in [0.2, 0.25) is 0 Å². The molecule has 3 N–H and O–H groups in total. The zero-order chi connectivity index (χ0) is 14.9. The summed E-state index contributed by atoms with van der Waals surface area (Å²) in [4.78, 5) is 29.3. The van der Waals surface area contributed by atoms with Gasteiger partial charge in [0.05, 0.1) is 0 Å². The smallest absolute Gasteiger partial charge is 0.270 e. The number of amides is 1. The molecule has 0 bridgehead atoms. The highest BCUT2D eigenvalue weighted by Gasteiger charge is 2.29. The Balaban J connectivity index is 2.31. The second-order valence-electron chi connectivity index (χ2n) is 5.53. The predicted molar refractivity (Wildman–Crippen MR) is 78.0 cm³/mol. The monoisotopic (exact) mass is 277 g/mol. The predicted octanol–water partition coefficient (Wildman–Crippen LogP) is 1.51. The summed E-state index contributed by atoms with van der Waals surface area (Å²) in [5, 5.41) is 0. The van der Waals surface area contributed by atoms with Crippen molar-refractivity contribution < 1.29 is 9.59 Å². The highest BCUT2D eigenvalue weighted by Crippen LogP contribution is 2.24. The Morgan fingerprint density at radius 2 is 2.15 bits per heavy atom. The zero-order valence-electron chi connectivity index (χ0n) is 12.5. The minimum absolute atomic E-state index is 0.00611. The Labute approximate surface area is 119 Å². The lowest BCUT2D eigenvalue weighted by Crippen LogP contribution is -2.30. The van der Waals surface area contributed by atoms with Crippen LogP contribution in [0.5, 0.6) is 0 Å². The lowest BCUT2D eigenvalue weighted by atomic mass is 10.0. The molecule has 5 heteroatoms. The Kier molecular flexibility index (Phi) is 4.28. The molecule has 1 unspecified atom stereocenters. The number of nitrogens with one attached hydrogen (secondary N) is 1. The van der Waals surface area contributed by atoms with Crippen LogP contribution in [-0.4, -0.2) is 41.2 Å². The number of aromatic amines is 1. The molecule has 0 radical (unpaired) electrons. The fourth-order valence-corrected chi connectivity index (χ4v) is 3.06. The van der Waals surface area contributed by atoms with E-state index < -0.39 is 0 Å². The number of H-pyrrole nitrogens is 1. The molecule has 2 heterocycles. The van der Waals surface area contributed by atoms with Crippen molar-refractivity contribution in [2.24, 2.45) is 11.7 Å². The average Bonchev–Trinajstić information content (AvgIpc) is 3.01. The Morgan fingerprint density at radius 1 is 1.45 bits per heavy atom. The fraction of sp³-hybridized carbons (Fsp3) is 0.600. The number of carbonyl (C=O) groups is 2. The van der Waals surface area contributed by atoms with Gasteiger partial charge in [-0.3, -0.25) is 9.59 Å². The lowest BCUT2D eigenvalue weighted by Gasteiger charge is -2.16. The van der Waals surface area contributed by atoms with Gasteiger partial charge in [0, 0.05) is 24.3 Å². The van der Waals surface area contributed by atoms with Gasteiger partial charge in [-0.25, -0.2) is 0 Å². The summed E-state index contributed by atoms with van der Waals surface area (Å²) in [5.41, 5.74) is 8.55. The average molecular weight is 277 g/mol. The fourth-order valence-electron chi connectivity index (χ4n) is 3.06. The Hall–Kier alpha value is -1.62. The summed E-state index contributed by atoms with van der Waals surface area (Å²) >= 11 is 0. The summed E-state index contributed by atoms with van der Waals surface area (Å²) in [6.07, 6.45) is 1.64. The van der Waals surface area contributed by atoms with E-state index in [9.17, 15) is 9.59 Å². The van der Waals surface area contributed by atoms with Gasteiger partial charge in [0.15, 0.2) is 5.78 Å². The van der Waals surface area contributed by atoms with E-state index in [1.807, 2.05) is 18.7 Å². The van der Waals surface area contributed by atoms with Gasteiger partial charge in [-0.15, -0.1) is 0 Å². The number of ketones is 1. The Morgan fingerprint density at radius 3 is 2.65 bits per heavy atom. The van der Waals surface area contributed by atoms with Crippen molar-refractivity contribution in [2.45, 2.75) is 33.6 Å². The Bertz CT molecular complexity index is 533. The van der Waals surface area contributed by atoms with E-state index in [0.717, 1.165) is 24.2 Å². The second kappa shape index (κ2) is 5.79. The quantitative estimate of drug-likeness (QED) is 0.819. The SMILES string of the molecule is CCc1c(C(=O)N2CCC(CN)C2)[nH]c(C)c1C(C)=O. The molecular formula is C15H23N3O2. The molecule has 1 atom stereocenters. The van der Waals surface area contributed by atoms with E-state index in [4.69, 9.17) is 5.73 Å². The number of nitrogens with zero attached hydrogens (tertiary/aromatic N) is 1. The number of hydrogen-bond acceptors (Lipinski definition) is 3. The van der Waals surface area contributed by atoms with E-state index in [-0.39, 0.29) is 11.7 Å². The first-order valence-electron chi connectivity index (χ1n) is 7.21. The van der Waals surface area contributed by atoms with Crippen LogP contribution in [0.15, 0.2) is 0 Å². The van der Waals surface area contributed by atoms with Crippen LogP contribution < -0.4 is 5.73 Å². The molecule has 1 aromatic heterocycles. The van der Waals surface area contributed by atoms with Crippen LogP contribution in [0.2, 0.25) is 0 Å². The number of rotatable bonds is 4. The van der Waals surface area contributed by atoms with Crippen molar-refractivity contribution in [1.82, 2.24) is 9.88 Å². The molecule has 1 aliphatic heterocycles. The highest BCUT2D eigenvalue weighted by atomic mass is 16.2. The van der Waals surface area contributed by atoms with Crippen molar-refractivity contribution in [2.75, 3.05) is 19.6 Å². The van der Waals surface area contributed by atoms with E-state index >= 15 is 0 Å². The third-order valence-corrected chi connectivity index (χ3v) is 4.12. The van der Waals surface area contributed by atoms with Crippen LogP contribution in [0.25, 0.3) is 0 Å². The van der Waals surface area contributed by atoms with Crippen LogP contribution in [-0.2, 0) is 6.42 Å². The van der Waals surface area contributed by atoms with Crippen molar-refractivity contribution in [3.05, 3.63) is 22.5 Å². The van der Waals surface area contributed by atoms with E-state index in [0.29, 0.717) is 36.7 Å². The van der Waals surface area contributed by atoms with Gasteiger partial charge >= 0.3 is 0 Å². The van der Waals surface area contributed by atoms with Crippen LogP contribution >= 0.6 is 0 Å². The van der Waals surface area contributed by atoms with Gasteiger partial charge in [-0.1, -0.05) is 6.92 Å². The maximum atomic E-state index is 12.6. The first kappa shape index (κ1) is 14.8. The van der Waals surface area contributed by atoms with Crippen molar-refractivity contribution >= 4 is 11.7 Å².